The van der Waals surface area contributed by atoms with Crippen molar-refractivity contribution in [2.24, 2.45) is 0 Å². The standard InChI is InChI=1S/C13H20ClNO/c1-4-8-16-9-13(15-3)11-6-5-7-12(14)10(11)2/h5-7,13,15H,4,8-9H2,1-3H3. The molecule has 0 aliphatic carbocycles. The van der Waals surface area contributed by atoms with E-state index in [0.29, 0.717) is 6.61 Å². The SMILES string of the molecule is CCCOCC(NC)c1cccc(Cl)c1C. The largest absolute Gasteiger partial charge is 0.379 e. The summed E-state index contributed by atoms with van der Waals surface area (Å²) in [5, 5.41) is 4.07. The van der Waals surface area contributed by atoms with E-state index in [1.54, 1.807) is 0 Å². The second kappa shape index (κ2) is 6.89. The summed E-state index contributed by atoms with van der Waals surface area (Å²) in [6, 6.07) is 6.21. The molecule has 0 bridgehead atoms. The van der Waals surface area contributed by atoms with E-state index in [1.807, 2.05) is 26.1 Å². The number of nitrogens with one attached hydrogen (secondary N) is 1. The Bertz CT molecular complexity index is 328. The molecule has 3 heteroatoms. The first kappa shape index (κ1) is 13.5. The molecular weight excluding hydrogens is 222 g/mol. The van der Waals surface area contributed by atoms with Crippen LogP contribution in [0.2, 0.25) is 5.02 Å². The van der Waals surface area contributed by atoms with E-state index < -0.39 is 0 Å². The number of benzene rings is 1. The molecule has 1 aromatic rings. The van der Waals surface area contributed by atoms with Gasteiger partial charge in [-0.2, -0.15) is 0 Å². The van der Waals surface area contributed by atoms with E-state index in [0.717, 1.165) is 23.6 Å². The van der Waals surface area contributed by atoms with Crippen LogP contribution >= 0.6 is 11.6 Å². The minimum Gasteiger partial charge on any atom is -0.379 e. The van der Waals surface area contributed by atoms with E-state index in [4.69, 9.17) is 16.3 Å². The summed E-state index contributed by atoms with van der Waals surface area (Å²) in [6.45, 7) is 5.64. The van der Waals surface area contributed by atoms with Gasteiger partial charge in [-0.3, -0.25) is 0 Å². The van der Waals surface area contributed by atoms with Gasteiger partial charge in [0.15, 0.2) is 0 Å². The fourth-order valence-corrected chi connectivity index (χ4v) is 1.86. The van der Waals surface area contributed by atoms with Gasteiger partial charge in [-0.1, -0.05) is 30.7 Å². The second-order valence-corrected chi connectivity index (χ2v) is 4.28. The molecule has 1 atom stereocenters. The maximum atomic E-state index is 6.11. The third kappa shape index (κ3) is 3.48. The normalized spacial score (nSPS) is 12.8. The Kier molecular flexibility index (Phi) is 5.81. The molecule has 1 rings (SSSR count). The fraction of sp³-hybridized carbons (Fsp3) is 0.538. The lowest BCUT2D eigenvalue weighted by Gasteiger charge is -2.19. The van der Waals surface area contributed by atoms with Crippen molar-refractivity contribution in [1.29, 1.82) is 0 Å². The predicted molar refractivity (Wildman–Crippen MR) is 69.1 cm³/mol. The van der Waals surface area contributed by atoms with Crippen molar-refractivity contribution in [3.05, 3.63) is 34.3 Å². The van der Waals surface area contributed by atoms with Gasteiger partial charge in [-0.05, 0) is 37.6 Å². The minimum atomic E-state index is 0.213. The van der Waals surface area contributed by atoms with Crippen LogP contribution in [-0.2, 0) is 4.74 Å². The first-order chi connectivity index (χ1) is 7.70. The summed E-state index contributed by atoms with van der Waals surface area (Å²) in [4.78, 5) is 0. The Hall–Kier alpha value is -0.570. The molecule has 2 nitrogen and oxygen atoms in total. The highest BCUT2D eigenvalue weighted by molar-refractivity contribution is 6.31. The quantitative estimate of drug-likeness (QED) is 0.772. The van der Waals surface area contributed by atoms with Crippen LogP contribution in [0.25, 0.3) is 0 Å². The molecule has 0 heterocycles. The van der Waals surface area contributed by atoms with Crippen molar-refractivity contribution in [3.63, 3.8) is 0 Å². The number of hydrogen-bond donors (Lipinski definition) is 1. The molecule has 90 valence electrons. The maximum Gasteiger partial charge on any atom is 0.0661 e. The molecule has 0 amide bonds. The molecule has 0 saturated heterocycles. The van der Waals surface area contributed by atoms with Crippen molar-refractivity contribution in [1.82, 2.24) is 5.32 Å². The van der Waals surface area contributed by atoms with Gasteiger partial charge < -0.3 is 10.1 Å². The Morgan fingerprint density at radius 3 is 2.81 bits per heavy atom. The summed E-state index contributed by atoms with van der Waals surface area (Å²) in [5.74, 6) is 0. The lowest BCUT2D eigenvalue weighted by molar-refractivity contribution is 0.114. The highest BCUT2D eigenvalue weighted by Gasteiger charge is 2.13. The molecule has 0 aromatic heterocycles. The second-order valence-electron chi connectivity index (χ2n) is 3.87. The first-order valence-corrected chi connectivity index (χ1v) is 6.08. The average Bonchev–Trinajstić information content (AvgIpc) is 2.29. The van der Waals surface area contributed by atoms with Crippen LogP contribution in [0.15, 0.2) is 18.2 Å². The monoisotopic (exact) mass is 241 g/mol. The summed E-state index contributed by atoms with van der Waals surface area (Å²) in [5.41, 5.74) is 2.34. The number of likely N-dealkylation sites (N-methyl/N-ethyl adjacent to an activating group) is 1. The summed E-state index contributed by atoms with van der Waals surface area (Å²) in [7, 11) is 1.94. The molecule has 16 heavy (non-hydrogen) atoms. The van der Waals surface area contributed by atoms with Crippen LogP contribution in [-0.4, -0.2) is 20.3 Å². The van der Waals surface area contributed by atoms with Gasteiger partial charge in [0.05, 0.1) is 12.6 Å². The van der Waals surface area contributed by atoms with Gasteiger partial charge in [0.1, 0.15) is 0 Å². The van der Waals surface area contributed by atoms with Gasteiger partial charge in [0.25, 0.3) is 0 Å². The van der Waals surface area contributed by atoms with Gasteiger partial charge in [-0.15, -0.1) is 0 Å². The van der Waals surface area contributed by atoms with Gasteiger partial charge in [0.2, 0.25) is 0 Å². The number of ether oxygens (including phenoxy) is 1. The molecule has 1 unspecified atom stereocenters. The summed E-state index contributed by atoms with van der Waals surface area (Å²) in [6.07, 6.45) is 1.05. The van der Waals surface area contributed by atoms with E-state index in [1.165, 1.54) is 5.56 Å². The summed E-state index contributed by atoms with van der Waals surface area (Å²) >= 11 is 6.11. The Balaban J connectivity index is 2.74. The summed E-state index contributed by atoms with van der Waals surface area (Å²) < 4.78 is 5.58. The van der Waals surface area contributed by atoms with E-state index in [2.05, 4.69) is 18.3 Å². The number of halogens is 1. The Morgan fingerprint density at radius 1 is 1.44 bits per heavy atom. The van der Waals surface area contributed by atoms with Crippen molar-refractivity contribution < 1.29 is 4.74 Å². The van der Waals surface area contributed by atoms with Crippen molar-refractivity contribution in [3.8, 4) is 0 Å². The van der Waals surface area contributed by atoms with Crippen LogP contribution in [0.4, 0.5) is 0 Å². The lowest BCUT2D eigenvalue weighted by atomic mass is 10.0. The highest BCUT2D eigenvalue weighted by atomic mass is 35.5. The fourth-order valence-electron chi connectivity index (χ4n) is 1.68. The van der Waals surface area contributed by atoms with Crippen molar-refractivity contribution in [2.45, 2.75) is 26.3 Å². The predicted octanol–water partition coefficient (Wildman–Crippen LogP) is 3.34. The van der Waals surface area contributed by atoms with Crippen LogP contribution < -0.4 is 5.32 Å². The Labute approximate surface area is 103 Å². The lowest BCUT2D eigenvalue weighted by Crippen LogP contribution is -2.23. The third-order valence-electron chi connectivity index (χ3n) is 2.67. The minimum absolute atomic E-state index is 0.213. The number of rotatable bonds is 6. The van der Waals surface area contributed by atoms with Gasteiger partial charge in [0, 0.05) is 11.6 Å². The molecule has 1 aromatic carbocycles. The molecule has 0 fully saturated rings. The van der Waals surface area contributed by atoms with Crippen LogP contribution in [0, 0.1) is 6.92 Å². The molecule has 0 aliphatic heterocycles. The van der Waals surface area contributed by atoms with E-state index in [-0.39, 0.29) is 6.04 Å². The molecule has 1 N–H and O–H groups in total. The number of hydrogen-bond acceptors (Lipinski definition) is 2. The van der Waals surface area contributed by atoms with E-state index >= 15 is 0 Å². The third-order valence-corrected chi connectivity index (χ3v) is 3.08. The average molecular weight is 242 g/mol. The Morgan fingerprint density at radius 2 is 2.19 bits per heavy atom. The first-order valence-electron chi connectivity index (χ1n) is 5.70. The highest BCUT2D eigenvalue weighted by Crippen LogP contribution is 2.24. The molecule has 0 saturated carbocycles. The maximum absolute atomic E-state index is 6.11. The van der Waals surface area contributed by atoms with Crippen LogP contribution in [0.3, 0.4) is 0 Å². The van der Waals surface area contributed by atoms with Crippen LogP contribution in [0.1, 0.15) is 30.5 Å². The van der Waals surface area contributed by atoms with Crippen molar-refractivity contribution in [2.75, 3.05) is 20.3 Å². The van der Waals surface area contributed by atoms with Gasteiger partial charge >= 0.3 is 0 Å². The molecule has 0 aliphatic rings. The zero-order valence-electron chi connectivity index (χ0n) is 10.2. The molecular formula is C13H20ClNO. The smallest absolute Gasteiger partial charge is 0.0661 e. The zero-order chi connectivity index (χ0) is 12.0. The topological polar surface area (TPSA) is 21.3 Å². The van der Waals surface area contributed by atoms with Gasteiger partial charge in [-0.25, -0.2) is 0 Å². The molecule has 0 radical (unpaired) electrons. The van der Waals surface area contributed by atoms with Crippen LogP contribution in [0.5, 0.6) is 0 Å². The van der Waals surface area contributed by atoms with E-state index in [9.17, 15) is 0 Å². The van der Waals surface area contributed by atoms with Crippen molar-refractivity contribution >= 4 is 11.6 Å². The zero-order valence-corrected chi connectivity index (χ0v) is 11.0. The molecule has 0 spiro atoms.